The van der Waals surface area contributed by atoms with E-state index in [1.54, 1.807) is 23.9 Å². The zero-order valence-corrected chi connectivity index (χ0v) is 14.3. The lowest BCUT2D eigenvalue weighted by Gasteiger charge is -2.14. The number of fused-ring (bicyclic) bond motifs is 1. The number of carbonyl (C=O) groups is 1. The quantitative estimate of drug-likeness (QED) is 0.784. The van der Waals surface area contributed by atoms with Gasteiger partial charge in [-0.15, -0.1) is 11.3 Å². The average molecular weight is 337 g/mol. The maximum Gasteiger partial charge on any atom is 0.261 e. The highest BCUT2D eigenvalue weighted by Crippen LogP contribution is 2.30. The first kappa shape index (κ1) is 15.1. The smallest absolute Gasteiger partial charge is 0.261 e. The Labute approximate surface area is 145 Å². The van der Waals surface area contributed by atoms with Crippen molar-refractivity contribution in [2.24, 2.45) is 0 Å². The van der Waals surface area contributed by atoms with Crippen LogP contribution in [0.3, 0.4) is 0 Å². The van der Waals surface area contributed by atoms with Gasteiger partial charge in [0.1, 0.15) is 0 Å². The van der Waals surface area contributed by atoms with Crippen LogP contribution in [0.2, 0.25) is 0 Å². The van der Waals surface area contributed by atoms with Crippen molar-refractivity contribution < 1.29 is 4.79 Å². The largest absolute Gasteiger partial charge is 0.345 e. The summed E-state index contributed by atoms with van der Waals surface area (Å²) in [4.78, 5) is 18.8. The fourth-order valence-electron chi connectivity index (χ4n) is 3.14. The zero-order chi connectivity index (χ0) is 16.5. The van der Waals surface area contributed by atoms with Gasteiger partial charge in [-0.2, -0.15) is 0 Å². The van der Waals surface area contributed by atoms with Gasteiger partial charge in [-0.1, -0.05) is 12.1 Å². The molecule has 5 heteroatoms. The number of thiophene rings is 1. The summed E-state index contributed by atoms with van der Waals surface area (Å²) in [5, 5.41) is 3.11. The number of carbonyl (C=O) groups excluding carboxylic acids is 1. The van der Waals surface area contributed by atoms with E-state index in [1.165, 1.54) is 16.9 Å². The first-order chi connectivity index (χ1) is 11.7. The van der Waals surface area contributed by atoms with E-state index in [0.717, 1.165) is 29.0 Å². The van der Waals surface area contributed by atoms with Gasteiger partial charge in [0.2, 0.25) is 0 Å². The van der Waals surface area contributed by atoms with Crippen LogP contribution >= 0.6 is 11.3 Å². The third kappa shape index (κ3) is 2.87. The number of rotatable bonds is 4. The number of hydrogen-bond acceptors (Lipinski definition) is 3. The molecule has 4 rings (SSSR count). The SMILES string of the molecule is C[C@@H](NC(=O)c1cc2c(s1)CCC2)c1ccc(-n2ccnc2)cc1. The predicted molar refractivity (Wildman–Crippen MR) is 95.8 cm³/mol. The molecular weight excluding hydrogens is 318 g/mol. The highest BCUT2D eigenvalue weighted by Gasteiger charge is 2.19. The molecular formula is C19H19N3OS. The number of aromatic nitrogens is 2. The number of amides is 1. The van der Waals surface area contributed by atoms with Gasteiger partial charge in [0, 0.05) is 23.0 Å². The molecule has 0 radical (unpaired) electrons. The number of hydrogen-bond donors (Lipinski definition) is 1. The summed E-state index contributed by atoms with van der Waals surface area (Å²) in [5.41, 5.74) is 3.52. The molecule has 1 amide bonds. The molecule has 2 heterocycles. The summed E-state index contributed by atoms with van der Waals surface area (Å²) in [5.74, 6) is 0.0283. The molecule has 2 aromatic heterocycles. The standard InChI is InChI=1S/C19H19N3OS/c1-13(14-5-7-16(8-6-14)22-10-9-20-12-22)21-19(23)18-11-15-3-2-4-17(15)24-18/h5-13H,2-4H2,1H3,(H,21,23)/t13-/m1/s1. The number of aryl methyl sites for hydroxylation is 2. The highest BCUT2D eigenvalue weighted by molar-refractivity contribution is 7.14. The second-order valence-corrected chi connectivity index (χ2v) is 7.31. The minimum atomic E-state index is -0.0220. The Hall–Kier alpha value is -2.40. The first-order valence-electron chi connectivity index (χ1n) is 8.21. The molecule has 1 aromatic carbocycles. The molecule has 0 bridgehead atoms. The Bertz CT molecular complexity index is 828. The van der Waals surface area contributed by atoms with E-state index in [4.69, 9.17) is 0 Å². The van der Waals surface area contributed by atoms with Crippen LogP contribution in [0.25, 0.3) is 5.69 Å². The van der Waals surface area contributed by atoms with Gasteiger partial charge in [0.15, 0.2) is 0 Å². The molecule has 1 aliphatic rings. The molecule has 0 unspecified atom stereocenters. The van der Waals surface area contributed by atoms with E-state index in [9.17, 15) is 4.79 Å². The Morgan fingerprint density at radius 1 is 1.29 bits per heavy atom. The average Bonchev–Trinajstić information content (AvgIpc) is 3.31. The normalized spacial score (nSPS) is 14.4. The van der Waals surface area contributed by atoms with Gasteiger partial charge in [0.25, 0.3) is 5.91 Å². The summed E-state index contributed by atoms with van der Waals surface area (Å²) in [6, 6.07) is 10.2. The third-order valence-electron chi connectivity index (χ3n) is 4.51. The van der Waals surface area contributed by atoms with Crippen LogP contribution in [0.1, 0.15) is 45.1 Å². The van der Waals surface area contributed by atoms with Gasteiger partial charge in [-0.3, -0.25) is 4.79 Å². The van der Waals surface area contributed by atoms with Crippen molar-refractivity contribution in [1.82, 2.24) is 14.9 Å². The van der Waals surface area contributed by atoms with Crippen LogP contribution in [0.5, 0.6) is 0 Å². The number of nitrogens with one attached hydrogen (secondary N) is 1. The van der Waals surface area contributed by atoms with Crippen LogP contribution in [-0.2, 0) is 12.8 Å². The van der Waals surface area contributed by atoms with Crippen LogP contribution in [0.15, 0.2) is 49.1 Å². The van der Waals surface area contributed by atoms with Crippen LogP contribution < -0.4 is 5.32 Å². The predicted octanol–water partition coefficient (Wildman–Crippen LogP) is 3.91. The van der Waals surface area contributed by atoms with Crippen LogP contribution in [-0.4, -0.2) is 15.5 Å². The third-order valence-corrected chi connectivity index (χ3v) is 5.75. The van der Waals surface area contributed by atoms with E-state index in [2.05, 4.69) is 28.5 Å². The van der Waals surface area contributed by atoms with E-state index in [-0.39, 0.29) is 11.9 Å². The topological polar surface area (TPSA) is 46.9 Å². The van der Waals surface area contributed by atoms with Gasteiger partial charge in [-0.25, -0.2) is 4.98 Å². The lowest BCUT2D eigenvalue weighted by Crippen LogP contribution is -2.25. The van der Waals surface area contributed by atoms with E-state index in [0.29, 0.717) is 0 Å². The van der Waals surface area contributed by atoms with Gasteiger partial charge < -0.3 is 9.88 Å². The minimum Gasteiger partial charge on any atom is -0.345 e. The summed E-state index contributed by atoms with van der Waals surface area (Å²) in [6.07, 6.45) is 8.91. The fraction of sp³-hybridized carbons (Fsp3) is 0.263. The van der Waals surface area contributed by atoms with Crippen molar-refractivity contribution in [2.45, 2.75) is 32.2 Å². The molecule has 0 spiro atoms. The monoisotopic (exact) mass is 337 g/mol. The van der Waals surface area contributed by atoms with Crippen molar-refractivity contribution in [1.29, 1.82) is 0 Å². The first-order valence-corrected chi connectivity index (χ1v) is 9.03. The maximum atomic E-state index is 12.5. The molecule has 3 aromatic rings. The molecule has 1 N–H and O–H groups in total. The van der Waals surface area contributed by atoms with E-state index in [1.807, 2.05) is 29.8 Å². The molecule has 1 atom stereocenters. The maximum absolute atomic E-state index is 12.5. The summed E-state index contributed by atoms with van der Waals surface area (Å²) in [7, 11) is 0. The van der Waals surface area contributed by atoms with Crippen molar-refractivity contribution in [3.63, 3.8) is 0 Å². The molecule has 4 nitrogen and oxygen atoms in total. The zero-order valence-electron chi connectivity index (χ0n) is 13.5. The minimum absolute atomic E-state index is 0.0220. The lowest BCUT2D eigenvalue weighted by atomic mass is 10.1. The number of imidazole rings is 1. The Morgan fingerprint density at radius 3 is 2.83 bits per heavy atom. The van der Waals surface area contributed by atoms with Crippen molar-refractivity contribution in [2.75, 3.05) is 0 Å². The summed E-state index contributed by atoms with van der Waals surface area (Å²) in [6.45, 7) is 2.02. The Kier molecular flexibility index (Phi) is 3.94. The molecule has 1 aliphatic carbocycles. The van der Waals surface area contributed by atoms with Crippen molar-refractivity contribution >= 4 is 17.2 Å². The molecule has 122 valence electrons. The molecule has 24 heavy (non-hydrogen) atoms. The molecule has 0 saturated carbocycles. The van der Waals surface area contributed by atoms with E-state index < -0.39 is 0 Å². The van der Waals surface area contributed by atoms with Gasteiger partial charge >= 0.3 is 0 Å². The molecule has 0 aliphatic heterocycles. The fourth-order valence-corrected chi connectivity index (χ4v) is 4.30. The van der Waals surface area contributed by atoms with Gasteiger partial charge in [0.05, 0.1) is 17.2 Å². The number of benzene rings is 1. The summed E-state index contributed by atoms with van der Waals surface area (Å²) >= 11 is 1.65. The molecule has 0 fully saturated rings. The highest BCUT2D eigenvalue weighted by atomic mass is 32.1. The lowest BCUT2D eigenvalue weighted by molar-refractivity contribution is 0.0944. The summed E-state index contributed by atoms with van der Waals surface area (Å²) < 4.78 is 1.96. The molecule has 0 saturated heterocycles. The van der Waals surface area contributed by atoms with E-state index >= 15 is 0 Å². The van der Waals surface area contributed by atoms with Crippen molar-refractivity contribution in [3.8, 4) is 5.69 Å². The van der Waals surface area contributed by atoms with Gasteiger partial charge in [-0.05, 0) is 55.5 Å². The second-order valence-electron chi connectivity index (χ2n) is 6.17. The van der Waals surface area contributed by atoms with Crippen LogP contribution in [0.4, 0.5) is 0 Å². The Morgan fingerprint density at radius 2 is 2.12 bits per heavy atom. The van der Waals surface area contributed by atoms with Crippen molar-refractivity contribution in [3.05, 3.63) is 69.9 Å². The van der Waals surface area contributed by atoms with Crippen LogP contribution in [0, 0.1) is 0 Å². The second kappa shape index (κ2) is 6.24. The Balaban J connectivity index is 1.45. The number of nitrogens with zero attached hydrogens (tertiary/aromatic N) is 2.